The smallest absolute Gasteiger partial charge is 0.175 e. The summed E-state index contributed by atoms with van der Waals surface area (Å²) < 4.78 is 2.12. The summed E-state index contributed by atoms with van der Waals surface area (Å²) in [6.07, 6.45) is 0. The molecule has 2 heterocycles. The number of ketones is 1. The molecule has 0 saturated carbocycles. The van der Waals surface area contributed by atoms with Crippen molar-refractivity contribution in [3.05, 3.63) is 77.6 Å². The van der Waals surface area contributed by atoms with Crippen molar-refractivity contribution < 1.29 is 4.79 Å². The van der Waals surface area contributed by atoms with E-state index in [1.807, 2.05) is 62.4 Å². The highest BCUT2D eigenvalue weighted by Gasteiger charge is 2.17. The van der Waals surface area contributed by atoms with E-state index in [4.69, 9.17) is 0 Å². The third kappa shape index (κ3) is 3.06. The molecule has 0 saturated heterocycles. The summed E-state index contributed by atoms with van der Waals surface area (Å²) >= 11 is 1.44. The number of hydrogen-bond acceptors (Lipinski definition) is 3. The van der Waals surface area contributed by atoms with Crippen LogP contribution >= 0.6 is 11.8 Å². The van der Waals surface area contributed by atoms with Crippen LogP contribution in [0.4, 0.5) is 0 Å². The monoisotopic (exact) mass is 361 g/mol. The van der Waals surface area contributed by atoms with Crippen molar-refractivity contribution in [1.29, 1.82) is 0 Å². The van der Waals surface area contributed by atoms with Crippen molar-refractivity contribution in [1.82, 2.24) is 14.5 Å². The number of thioether (sulfide) groups is 1. The van der Waals surface area contributed by atoms with Gasteiger partial charge in [-0.1, -0.05) is 42.1 Å². The number of benzene rings is 2. The number of aromatic amines is 1. The molecule has 0 aliphatic rings. The number of nitrogens with one attached hydrogen (secondary N) is 1. The third-order valence-electron chi connectivity index (χ3n) is 4.45. The van der Waals surface area contributed by atoms with Gasteiger partial charge < -0.3 is 9.55 Å². The Labute approximate surface area is 156 Å². The van der Waals surface area contributed by atoms with Crippen molar-refractivity contribution in [2.24, 2.45) is 0 Å². The van der Waals surface area contributed by atoms with Gasteiger partial charge in [-0.2, -0.15) is 0 Å². The zero-order valence-electron chi connectivity index (χ0n) is 14.7. The predicted octanol–water partition coefficient (Wildman–Crippen LogP) is 4.95. The van der Waals surface area contributed by atoms with E-state index in [0.717, 1.165) is 38.8 Å². The Balaban J connectivity index is 1.55. The molecule has 4 nitrogen and oxygen atoms in total. The number of para-hydroxylation sites is 3. The van der Waals surface area contributed by atoms with Gasteiger partial charge in [0.15, 0.2) is 10.9 Å². The van der Waals surface area contributed by atoms with Gasteiger partial charge in [-0.25, -0.2) is 4.98 Å². The van der Waals surface area contributed by atoms with Crippen LogP contribution in [0.15, 0.2) is 65.8 Å². The van der Waals surface area contributed by atoms with Crippen LogP contribution in [0, 0.1) is 13.8 Å². The Morgan fingerprint density at radius 1 is 1.08 bits per heavy atom. The zero-order valence-corrected chi connectivity index (χ0v) is 15.5. The van der Waals surface area contributed by atoms with E-state index >= 15 is 0 Å². The molecule has 0 aliphatic carbocycles. The molecule has 0 fully saturated rings. The Morgan fingerprint density at radius 2 is 1.81 bits per heavy atom. The van der Waals surface area contributed by atoms with Crippen LogP contribution in [0.3, 0.4) is 0 Å². The first-order chi connectivity index (χ1) is 12.6. The zero-order chi connectivity index (χ0) is 18.1. The summed E-state index contributed by atoms with van der Waals surface area (Å²) in [4.78, 5) is 20.6. The number of fused-ring (bicyclic) bond motifs is 1. The van der Waals surface area contributed by atoms with Crippen LogP contribution in [0.5, 0.6) is 0 Å². The van der Waals surface area contributed by atoms with Crippen molar-refractivity contribution in [2.75, 3.05) is 5.75 Å². The topological polar surface area (TPSA) is 50.7 Å². The SMILES string of the molecule is Cc1cc(C(=O)CSc2nc3ccccc3[nH]2)c(C)n1-c1ccccc1. The van der Waals surface area contributed by atoms with E-state index in [2.05, 4.69) is 26.7 Å². The Morgan fingerprint density at radius 3 is 2.58 bits per heavy atom. The number of carbonyl (C=O) groups excluding carboxylic acids is 1. The van der Waals surface area contributed by atoms with E-state index in [1.165, 1.54) is 11.8 Å². The largest absolute Gasteiger partial charge is 0.333 e. The average Bonchev–Trinajstić information content (AvgIpc) is 3.20. The lowest BCUT2D eigenvalue weighted by atomic mass is 10.2. The molecule has 130 valence electrons. The van der Waals surface area contributed by atoms with Gasteiger partial charge in [0.2, 0.25) is 0 Å². The van der Waals surface area contributed by atoms with Crippen molar-refractivity contribution in [2.45, 2.75) is 19.0 Å². The van der Waals surface area contributed by atoms with Crippen LogP contribution in [-0.2, 0) is 0 Å². The number of aryl methyl sites for hydroxylation is 1. The summed E-state index contributed by atoms with van der Waals surface area (Å²) in [5.41, 5.74) is 5.80. The lowest BCUT2D eigenvalue weighted by Gasteiger charge is -2.09. The second-order valence-corrected chi connectivity index (χ2v) is 7.19. The predicted molar refractivity (Wildman–Crippen MR) is 106 cm³/mol. The number of aromatic nitrogens is 3. The number of nitrogens with zero attached hydrogens (tertiary/aromatic N) is 2. The van der Waals surface area contributed by atoms with Gasteiger partial charge in [0.1, 0.15) is 0 Å². The van der Waals surface area contributed by atoms with Gasteiger partial charge in [0.05, 0.1) is 16.8 Å². The fraction of sp³-hybridized carbons (Fsp3) is 0.143. The second kappa shape index (κ2) is 6.84. The maximum atomic E-state index is 12.8. The standard InChI is InChI=1S/C21H19N3OS/c1-14-12-17(15(2)24(14)16-8-4-3-5-9-16)20(25)13-26-21-22-18-10-6-7-11-19(18)23-21/h3-12H,13H2,1-2H3,(H,22,23). The fourth-order valence-electron chi connectivity index (χ4n) is 3.23. The number of hydrogen-bond donors (Lipinski definition) is 1. The van der Waals surface area contributed by atoms with Gasteiger partial charge in [-0.05, 0) is 44.2 Å². The van der Waals surface area contributed by atoms with Crippen molar-refractivity contribution >= 4 is 28.6 Å². The number of H-pyrrole nitrogens is 1. The van der Waals surface area contributed by atoms with Crippen LogP contribution in [-0.4, -0.2) is 26.1 Å². The molecule has 0 aliphatic heterocycles. The number of Topliss-reactive ketones (excluding diaryl/α,β-unsaturated/α-hetero) is 1. The van der Waals surface area contributed by atoms with Crippen LogP contribution < -0.4 is 0 Å². The first-order valence-corrected chi connectivity index (χ1v) is 9.47. The van der Waals surface area contributed by atoms with E-state index in [1.54, 1.807) is 0 Å². The summed E-state index contributed by atoms with van der Waals surface area (Å²) in [7, 11) is 0. The molecule has 1 N–H and O–H groups in total. The lowest BCUT2D eigenvalue weighted by molar-refractivity contribution is 0.102. The minimum absolute atomic E-state index is 0.116. The molecule has 2 aromatic carbocycles. The van der Waals surface area contributed by atoms with Crippen LogP contribution in [0.25, 0.3) is 16.7 Å². The maximum Gasteiger partial charge on any atom is 0.175 e. The summed E-state index contributed by atoms with van der Waals surface area (Å²) in [5, 5.41) is 0.774. The minimum atomic E-state index is 0.116. The van der Waals surface area contributed by atoms with Crippen molar-refractivity contribution in [3.8, 4) is 5.69 Å². The van der Waals surface area contributed by atoms with Gasteiger partial charge in [-0.15, -0.1) is 0 Å². The number of carbonyl (C=O) groups is 1. The highest BCUT2D eigenvalue weighted by Crippen LogP contribution is 2.24. The molecule has 0 amide bonds. The highest BCUT2D eigenvalue weighted by atomic mass is 32.2. The molecule has 0 bridgehead atoms. The molecule has 0 unspecified atom stereocenters. The quantitative estimate of drug-likeness (QED) is 0.404. The number of rotatable bonds is 5. The van der Waals surface area contributed by atoms with E-state index < -0.39 is 0 Å². The molecular formula is C21H19N3OS. The molecule has 4 rings (SSSR count). The van der Waals surface area contributed by atoms with E-state index in [-0.39, 0.29) is 5.78 Å². The first kappa shape index (κ1) is 16.7. The molecule has 26 heavy (non-hydrogen) atoms. The van der Waals surface area contributed by atoms with Crippen LogP contribution in [0.1, 0.15) is 21.7 Å². The fourth-order valence-corrected chi connectivity index (χ4v) is 4.00. The van der Waals surface area contributed by atoms with Crippen LogP contribution in [0.2, 0.25) is 0 Å². The molecule has 0 radical (unpaired) electrons. The van der Waals surface area contributed by atoms with E-state index in [9.17, 15) is 4.79 Å². The summed E-state index contributed by atoms with van der Waals surface area (Å²) in [6, 6.07) is 20.0. The molecule has 0 atom stereocenters. The Kier molecular flexibility index (Phi) is 4.39. The highest BCUT2D eigenvalue weighted by molar-refractivity contribution is 7.99. The summed E-state index contributed by atoms with van der Waals surface area (Å²) in [5.74, 6) is 0.476. The van der Waals surface area contributed by atoms with Crippen molar-refractivity contribution in [3.63, 3.8) is 0 Å². The van der Waals surface area contributed by atoms with Gasteiger partial charge in [0.25, 0.3) is 0 Å². The molecule has 2 aromatic heterocycles. The molecule has 5 heteroatoms. The normalized spacial score (nSPS) is 11.2. The first-order valence-electron chi connectivity index (χ1n) is 8.48. The molecule has 4 aromatic rings. The van der Waals surface area contributed by atoms with E-state index in [0.29, 0.717) is 5.75 Å². The lowest BCUT2D eigenvalue weighted by Crippen LogP contribution is -2.05. The average molecular weight is 361 g/mol. The number of imidazole rings is 1. The Bertz CT molecular complexity index is 1050. The maximum absolute atomic E-state index is 12.8. The second-order valence-electron chi connectivity index (χ2n) is 6.23. The molecule has 0 spiro atoms. The summed E-state index contributed by atoms with van der Waals surface area (Å²) in [6.45, 7) is 4.03. The third-order valence-corrected chi connectivity index (χ3v) is 5.33. The van der Waals surface area contributed by atoms with Gasteiger partial charge >= 0.3 is 0 Å². The molecular weight excluding hydrogens is 342 g/mol. The van der Waals surface area contributed by atoms with Gasteiger partial charge in [0, 0.05) is 22.6 Å². The Hall–Kier alpha value is -2.79. The minimum Gasteiger partial charge on any atom is -0.333 e. The van der Waals surface area contributed by atoms with Gasteiger partial charge in [-0.3, -0.25) is 4.79 Å².